The lowest BCUT2D eigenvalue weighted by atomic mass is 9.88. The fourth-order valence-electron chi connectivity index (χ4n) is 2.64. The fraction of sp³-hybridized carbons (Fsp3) is 0.625. The highest BCUT2D eigenvalue weighted by atomic mass is 16.1. The van der Waals surface area contributed by atoms with Crippen molar-refractivity contribution in [1.29, 1.82) is 0 Å². The van der Waals surface area contributed by atoms with Crippen LogP contribution in [0.2, 0.25) is 0 Å². The van der Waals surface area contributed by atoms with Gasteiger partial charge in [0.1, 0.15) is 6.29 Å². The molecule has 3 nitrogen and oxygen atoms in total. The molecular weight excluding hydrogens is 236 g/mol. The lowest BCUT2D eigenvalue weighted by Crippen LogP contribution is -2.34. The predicted octanol–water partition coefficient (Wildman–Crippen LogP) is 2.76. The van der Waals surface area contributed by atoms with E-state index in [1.54, 1.807) is 0 Å². The molecule has 0 aliphatic carbocycles. The zero-order chi connectivity index (χ0) is 13.9. The minimum Gasteiger partial charge on any atom is -0.302 e. The second kappa shape index (κ2) is 5.83. The molecular formula is C16H24N2O. The van der Waals surface area contributed by atoms with Gasteiger partial charge in [0.05, 0.1) is 6.54 Å². The third kappa shape index (κ3) is 3.63. The first-order valence-electron chi connectivity index (χ1n) is 7.13. The molecule has 1 aliphatic rings. The van der Waals surface area contributed by atoms with Crippen molar-refractivity contribution in [3.63, 3.8) is 0 Å². The van der Waals surface area contributed by atoms with E-state index in [4.69, 9.17) is 0 Å². The van der Waals surface area contributed by atoms with Crippen LogP contribution >= 0.6 is 0 Å². The number of likely N-dealkylation sites (tertiary alicyclic amines) is 1. The monoisotopic (exact) mass is 260 g/mol. The Kier molecular flexibility index (Phi) is 4.35. The van der Waals surface area contributed by atoms with Crippen LogP contribution in [0.25, 0.3) is 0 Å². The molecule has 0 N–H and O–H groups in total. The van der Waals surface area contributed by atoms with Crippen LogP contribution in [0.15, 0.2) is 18.3 Å². The van der Waals surface area contributed by atoms with Crippen LogP contribution in [0, 0.1) is 0 Å². The Labute approximate surface area is 116 Å². The van der Waals surface area contributed by atoms with E-state index in [1.807, 2.05) is 6.20 Å². The van der Waals surface area contributed by atoms with Crippen molar-refractivity contribution in [2.45, 2.75) is 44.9 Å². The molecule has 2 heterocycles. The van der Waals surface area contributed by atoms with Crippen molar-refractivity contribution >= 4 is 6.29 Å². The lowest BCUT2D eigenvalue weighted by molar-refractivity contribution is -0.109. The molecule has 0 unspecified atom stereocenters. The average Bonchev–Trinajstić information content (AvgIpc) is 2.39. The van der Waals surface area contributed by atoms with E-state index < -0.39 is 0 Å². The summed E-state index contributed by atoms with van der Waals surface area (Å²) in [6.07, 6.45) is 5.30. The molecule has 0 aromatic carbocycles. The summed E-state index contributed by atoms with van der Waals surface area (Å²) >= 11 is 0. The molecule has 3 heteroatoms. The van der Waals surface area contributed by atoms with E-state index in [2.05, 4.69) is 42.8 Å². The third-order valence-corrected chi connectivity index (χ3v) is 3.95. The van der Waals surface area contributed by atoms with Crippen molar-refractivity contribution < 1.29 is 4.79 Å². The minimum absolute atomic E-state index is 0.117. The van der Waals surface area contributed by atoms with E-state index >= 15 is 0 Å². The highest BCUT2D eigenvalue weighted by Gasteiger charge is 2.21. The maximum atomic E-state index is 10.5. The standard InChI is InChI=1S/C16H24N2O/c1-16(2,3)15-5-4-14(12-17-15)13-6-8-18(9-7-13)10-11-19/h4-5,11-13H,6-10H2,1-3H3. The Morgan fingerprint density at radius 1 is 1.32 bits per heavy atom. The van der Waals surface area contributed by atoms with E-state index in [-0.39, 0.29) is 5.41 Å². The molecule has 0 spiro atoms. The Hall–Kier alpha value is -1.22. The van der Waals surface area contributed by atoms with Gasteiger partial charge in [-0.05, 0) is 43.5 Å². The van der Waals surface area contributed by atoms with Gasteiger partial charge in [-0.25, -0.2) is 0 Å². The van der Waals surface area contributed by atoms with Gasteiger partial charge < -0.3 is 4.79 Å². The predicted molar refractivity (Wildman–Crippen MR) is 77.4 cm³/mol. The van der Waals surface area contributed by atoms with Gasteiger partial charge in [-0.1, -0.05) is 26.8 Å². The molecule has 1 saturated heterocycles. The van der Waals surface area contributed by atoms with Crippen LogP contribution < -0.4 is 0 Å². The van der Waals surface area contributed by atoms with Crippen LogP contribution in [0.3, 0.4) is 0 Å². The highest BCUT2D eigenvalue weighted by Crippen LogP contribution is 2.28. The van der Waals surface area contributed by atoms with E-state index in [0.29, 0.717) is 12.5 Å². The number of pyridine rings is 1. The molecule has 0 saturated carbocycles. The van der Waals surface area contributed by atoms with Gasteiger partial charge in [0.2, 0.25) is 0 Å². The van der Waals surface area contributed by atoms with Crippen molar-refractivity contribution in [3.05, 3.63) is 29.6 Å². The molecule has 1 aromatic heterocycles. The van der Waals surface area contributed by atoms with Crippen LogP contribution in [0.5, 0.6) is 0 Å². The lowest BCUT2D eigenvalue weighted by Gasteiger charge is -2.30. The second-order valence-corrected chi connectivity index (χ2v) is 6.47. The molecule has 19 heavy (non-hydrogen) atoms. The Morgan fingerprint density at radius 2 is 2.00 bits per heavy atom. The maximum absolute atomic E-state index is 10.5. The first-order valence-corrected chi connectivity index (χ1v) is 7.13. The van der Waals surface area contributed by atoms with Crippen molar-refractivity contribution in [2.24, 2.45) is 0 Å². The number of nitrogens with zero attached hydrogens (tertiary/aromatic N) is 2. The first kappa shape index (κ1) is 14.2. The Morgan fingerprint density at radius 3 is 2.47 bits per heavy atom. The molecule has 1 fully saturated rings. The van der Waals surface area contributed by atoms with Gasteiger partial charge in [0, 0.05) is 17.3 Å². The molecule has 1 aliphatic heterocycles. The molecule has 0 radical (unpaired) electrons. The summed E-state index contributed by atoms with van der Waals surface area (Å²) in [4.78, 5) is 17.3. The second-order valence-electron chi connectivity index (χ2n) is 6.47. The molecule has 0 bridgehead atoms. The summed E-state index contributed by atoms with van der Waals surface area (Å²) in [7, 11) is 0. The van der Waals surface area contributed by atoms with Crippen LogP contribution in [0.4, 0.5) is 0 Å². The van der Waals surface area contributed by atoms with E-state index in [1.165, 1.54) is 5.56 Å². The Bertz CT molecular complexity index is 411. The summed E-state index contributed by atoms with van der Waals surface area (Å²) in [5.41, 5.74) is 2.61. The number of carbonyl (C=O) groups is 1. The van der Waals surface area contributed by atoms with Gasteiger partial charge in [-0.2, -0.15) is 0 Å². The number of hydrogen-bond donors (Lipinski definition) is 0. The van der Waals surface area contributed by atoms with E-state index in [0.717, 1.165) is 37.9 Å². The molecule has 0 atom stereocenters. The van der Waals surface area contributed by atoms with E-state index in [9.17, 15) is 4.79 Å². The molecule has 104 valence electrons. The van der Waals surface area contributed by atoms with Gasteiger partial charge in [-0.3, -0.25) is 9.88 Å². The summed E-state index contributed by atoms with van der Waals surface area (Å²) in [5, 5.41) is 0. The first-order chi connectivity index (χ1) is 9.00. The molecule has 2 rings (SSSR count). The molecule has 1 aromatic rings. The largest absolute Gasteiger partial charge is 0.302 e. The fourth-order valence-corrected chi connectivity index (χ4v) is 2.64. The zero-order valence-corrected chi connectivity index (χ0v) is 12.2. The van der Waals surface area contributed by atoms with Crippen LogP contribution in [-0.2, 0) is 10.2 Å². The van der Waals surface area contributed by atoms with Gasteiger partial charge >= 0.3 is 0 Å². The number of hydrogen-bond acceptors (Lipinski definition) is 3. The minimum atomic E-state index is 0.117. The SMILES string of the molecule is CC(C)(C)c1ccc(C2CCN(CC=O)CC2)cn1. The van der Waals surface area contributed by atoms with Gasteiger partial charge in [0.15, 0.2) is 0 Å². The smallest absolute Gasteiger partial charge is 0.133 e. The van der Waals surface area contributed by atoms with Crippen molar-refractivity contribution in [3.8, 4) is 0 Å². The highest BCUT2D eigenvalue weighted by molar-refractivity contribution is 5.52. The number of aldehydes is 1. The number of aromatic nitrogens is 1. The van der Waals surface area contributed by atoms with Gasteiger partial charge in [-0.15, -0.1) is 0 Å². The topological polar surface area (TPSA) is 33.2 Å². The number of carbonyl (C=O) groups excluding carboxylic acids is 1. The quantitative estimate of drug-likeness (QED) is 0.784. The van der Waals surface area contributed by atoms with Crippen molar-refractivity contribution in [2.75, 3.05) is 19.6 Å². The summed E-state index contributed by atoms with van der Waals surface area (Å²) in [6.45, 7) is 9.18. The Balaban J connectivity index is 1.98. The number of piperidine rings is 1. The van der Waals surface area contributed by atoms with Crippen molar-refractivity contribution in [1.82, 2.24) is 9.88 Å². The summed E-state index contributed by atoms with van der Waals surface area (Å²) < 4.78 is 0. The zero-order valence-electron chi connectivity index (χ0n) is 12.2. The maximum Gasteiger partial charge on any atom is 0.133 e. The molecule has 0 amide bonds. The van der Waals surface area contributed by atoms with Crippen LogP contribution in [0.1, 0.15) is 50.8 Å². The number of rotatable bonds is 3. The summed E-state index contributed by atoms with van der Waals surface area (Å²) in [6, 6.07) is 4.39. The summed E-state index contributed by atoms with van der Waals surface area (Å²) in [5.74, 6) is 0.601. The third-order valence-electron chi connectivity index (χ3n) is 3.95. The average molecular weight is 260 g/mol. The van der Waals surface area contributed by atoms with Gasteiger partial charge in [0.25, 0.3) is 0 Å². The van der Waals surface area contributed by atoms with Crippen LogP contribution in [-0.4, -0.2) is 35.8 Å². The normalized spacial score (nSPS) is 18.5.